The van der Waals surface area contributed by atoms with E-state index in [0.717, 1.165) is 19.0 Å². The van der Waals surface area contributed by atoms with Crippen LogP contribution in [0.4, 0.5) is 0 Å². The van der Waals surface area contributed by atoms with Gasteiger partial charge in [0.2, 0.25) is 0 Å². The second-order valence-corrected chi connectivity index (χ2v) is 5.84. The number of hydrogen-bond donors (Lipinski definition) is 1. The van der Waals surface area contributed by atoms with Gasteiger partial charge < -0.3 is 5.32 Å². The third-order valence-electron chi connectivity index (χ3n) is 2.94. The van der Waals surface area contributed by atoms with Crippen LogP contribution in [0, 0.1) is 5.41 Å². The van der Waals surface area contributed by atoms with Gasteiger partial charge in [0, 0.05) is 19.0 Å². The lowest BCUT2D eigenvalue weighted by Crippen LogP contribution is -2.39. The zero-order valence-electron chi connectivity index (χ0n) is 10.0. The molecule has 1 aromatic carbocycles. The molecule has 1 heteroatoms. The van der Waals surface area contributed by atoms with E-state index >= 15 is 0 Å². The number of rotatable bonds is 2. The van der Waals surface area contributed by atoms with E-state index in [4.69, 9.17) is 0 Å². The van der Waals surface area contributed by atoms with Crippen LogP contribution in [0.1, 0.15) is 37.8 Å². The minimum absolute atomic E-state index is 0.385. The summed E-state index contributed by atoms with van der Waals surface area (Å²) >= 11 is 0. The summed E-state index contributed by atoms with van der Waals surface area (Å²) < 4.78 is 0. The van der Waals surface area contributed by atoms with Crippen molar-refractivity contribution in [2.45, 2.75) is 33.1 Å². The van der Waals surface area contributed by atoms with E-state index in [1.807, 2.05) is 0 Å². The van der Waals surface area contributed by atoms with Gasteiger partial charge in [-0.3, -0.25) is 0 Å². The van der Waals surface area contributed by atoms with Crippen molar-refractivity contribution in [2.75, 3.05) is 13.1 Å². The van der Waals surface area contributed by atoms with Gasteiger partial charge in [0.25, 0.3) is 0 Å². The minimum atomic E-state index is 0.385. The second kappa shape index (κ2) is 3.97. The molecule has 0 atom stereocenters. The highest BCUT2D eigenvalue weighted by Crippen LogP contribution is 2.25. The highest BCUT2D eigenvalue weighted by molar-refractivity contribution is 5.29. The van der Waals surface area contributed by atoms with Crippen LogP contribution in [0.15, 0.2) is 24.3 Å². The van der Waals surface area contributed by atoms with Crippen molar-refractivity contribution >= 4 is 0 Å². The fraction of sp³-hybridized carbons (Fsp3) is 0.571. The van der Waals surface area contributed by atoms with Crippen LogP contribution in [0.25, 0.3) is 0 Å². The summed E-state index contributed by atoms with van der Waals surface area (Å²) in [6.07, 6.45) is 1.17. The summed E-state index contributed by atoms with van der Waals surface area (Å²) in [7, 11) is 0. The van der Waals surface area contributed by atoms with Crippen LogP contribution < -0.4 is 5.32 Å². The fourth-order valence-electron chi connectivity index (χ4n) is 2.09. The summed E-state index contributed by atoms with van der Waals surface area (Å²) in [4.78, 5) is 0. The van der Waals surface area contributed by atoms with E-state index in [-0.39, 0.29) is 0 Å². The molecule has 0 saturated carbocycles. The number of hydrogen-bond acceptors (Lipinski definition) is 1. The molecule has 82 valence electrons. The Kier molecular flexibility index (Phi) is 2.83. The first-order valence-corrected chi connectivity index (χ1v) is 5.84. The Balaban J connectivity index is 2.11. The molecule has 1 aromatic rings. The maximum absolute atomic E-state index is 3.33. The molecular formula is C14H21N. The molecule has 15 heavy (non-hydrogen) atoms. The van der Waals surface area contributed by atoms with Gasteiger partial charge in [-0.25, -0.2) is 0 Å². The second-order valence-electron chi connectivity index (χ2n) is 5.84. The molecule has 0 radical (unpaired) electrons. The Bertz CT molecular complexity index is 331. The third kappa shape index (κ3) is 2.82. The van der Waals surface area contributed by atoms with E-state index < -0.39 is 0 Å². The van der Waals surface area contributed by atoms with Crippen LogP contribution in [0.2, 0.25) is 0 Å². The molecule has 1 saturated heterocycles. The monoisotopic (exact) mass is 203 g/mol. The smallest absolute Gasteiger partial charge is 0.00886 e. The van der Waals surface area contributed by atoms with E-state index in [2.05, 4.69) is 50.4 Å². The zero-order valence-corrected chi connectivity index (χ0v) is 10.0. The molecule has 0 unspecified atom stereocenters. The Hall–Kier alpha value is -0.820. The van der Waals surface area contributed by atoms with Gasteiger partial charge in [0.1, 0.15) is 0 Å². The summed E-state index contributed by atoms with van der Waals surface area (Å²) in [5.41, 5.74) is 3.37. The average molecular weight is 203 g/mol. The molecule has 2 rings (SSSR count). The van der Waals surface area contributed by atoms with Crippen LogP contribution in [-0.4, -0.2) is 13.1 Å². The van der Waals surface area contributed by atoms with Gasteiger partial charge in [0.05, 0.1) is 0 Å². The van der Waals surface area contributed by atoms with Crippen molar-refractivity contribution in [3.8, 4) is 0 Å². The summed E-state index contributed by atoms with van der Waals surface area (Å²) in [6, 6.07) is 9.10. The zero-order chi connectivity index (χ0) is 10.9. The molecule has 1 aliphatic heterocycles. The predicted octanol–water partition coefficient (Wildman–Crippen LogP) is 2.96. The van der Waals surface area contributed by atoms with Gasteiger partial charge in [-0.05, 0) is 23.0 Å². The Morgan fingerprint density at radius 2 is 2.00 bits per heavy atom. The van der Waals surface area contributed by atoms with E-state index in [1.165, 1.54) is 17.5 Å². The largest absolute Gasteiger partial charge is 0.315 e. The lowest BCUT2D eigenvalue weighted by atomic mass is 9.85. The Labute approximate surface area is 92.9 Å². The van der Waals surface area contributed by atoms with Gasteiger partial charge in [-0.1, -0.05) is 45.0 Å². The number of benzene rings is 1. The molecule has 1 N–H and O–H groups in total. The van der Waals surface area contributed by atoms with Crippen molar-refractivity contribution < 1.29 is 0 Å². The first kappa shape index (κ1) is 10.7. The Morgan fingerprint density at radius 1 is 1.27 bits per heavy atom. The van der Waals surface area contributed by atoms with E-state index in [1.54, 1.807) is 0 Å². The fourth-order valence-corrected chi connectivity index (χ4v) is 2.09. The molecule has 0 aliphatic carbocycles. The molecule has 1 heterocycles. The summed E-state index contributed by atoms with van der Waals surface area (Å²) in [5, 5.41) is 3.33. The standard InChI is InChI=1S/C14H21N/c1-14(2,3)8-11-5-4-6-12(7-11)13-9-15-10-13/h4-7,13,15H,8-10H2,1-3H3. The predicted molar refractivity (Wildman–Crippen MR) is 65.2 cm³/mol. The van der Waals surface area contributed by atoms with Crippen molar-refractivity contribution in [1.82, 2.24) is 5.32 Å². The molecular weight excluding hydrogens is 182 g/mol. The quantitative estimate of drug-likeness (QED) is 0.779. The third-order valence-corrected chi connectivity index (χ3v) is 2.94. The molecule has 1 aliphatic rings. The number of nitrogens with one attached hydrogen (secondary N) is 1. The molecule has 0 aromatic heterocycles. The maximum Gasteiger partial charge on any atom is 0.00886 e. The van der Waals surface area contributed by atoms with E-state index in [9.17, 15) is 0 Å². The van der Waals surface area contributed by atoms with Crippen LogP contribution in [0.3, 0.4) is 0 Å². The van der Waals surface area contributed by atoms with Crippen LogP contribution >= 0.6 is 0 Å². The SMILES string of the molecule is CC(C)(C)Cc1cccc(C2CNC2)c1. The average Bonchev–Trinajstić information content (AvgIpc) is 1.97. The van der Waals surface area contributed by atoms with E-state index in [0.29, 0.717) is 5.41 Å². The molecule has 0 amide bonds. The highest BCUT2D eigenvalue weighted by atomic mass is 14.9. The molecule has 0 bridgehead atoms. The summed E-state index contributed by atoms with van der Waals surface area (Å²) in [6.45, 7) is 9.19. The molecule has 1 nitrogen and oxygen atoms in total. The molecule has 1 fully saturated rings. The first-order chi connectivity index (χ1) is 7.04. The van der Waals surface area contributed by atoms with Crippen molar-refractivity contribution in [3.05, 3.63) is 35.4 Å². The van der Waals surface area contributed by atoms with Gasteiger partial charge >= 0.3 is 0 Å². The first-order valence-electron chi connectivity index (χ1n) is 5.84. The molecule has 0 spiro atoms. The van der Waals surface area contributed by atoms with Crippen LogP contribution in [-0.2, 0) is 6.42 Å². The normalized spacial score (nSPS) is 17.5. The van der Waals surface area contributed by atoms with Crippen molar-refractivity contribution in [3.63, 3.8) is 0 Å². The van der Waals surface area contributed by atoms with Crippen molar-refractivity contribution in [2.24, 2.45) is 5.41 Å². The Morgan fingerprint density at radius 3 is 2.53 bits per heavy atom. The summed E-state index contributed by atoms with van der Waals surface area (Å²) in [5.74, 6) is 0.755. The minimum Gasteiger partial charge on any atom is -0.315 e. The topological polar surface area (TPSA) is 12.0 Å². The van der Waals surface area contributed by atoms with Crippen molar-refractivity contribution in [1.29, 1.82) is 0 Å². The van der Waals surface area contributed by atoms with Crippen LogP contribution in [0.5, 0.6) is 0 Å². The maximum atomic E-state index is 3.33. The van der Waals surface area contributed by atoms with Gasteiger partial charge in [-0.15, -0.1) is 0 Å². The van der Waals surface area contributed by atoms with Gasteiger partial charge in [-0.2, -0.15) is 0 Å². The lowest BCUT2D eigenvalue weighted by Gasteiger charge is -2.28. The van der Waals surface area contributed by atoms with Gasteiger partial charge in [0.15, 0.2) is 0 Å². The highest BCUT2D eigenvalue weighted by Gasteiger charge is 2.19. The lowest BCUT2D eigenvalue weighted by molar-refractivity contribution is 0.410.